The first kappa shape index (κ1) is 13.5. The van der Waals surface area contributed by atoms with Gasteiger partial charge in [-0.3, -0.25) is 0 Å². The van der Waals surface area contributed by atoms with Crippen LogP contribution in [0.1, 0.15) is 12.8 Å². The second kappa shape index (κ2) is 5.38. The monoisotopic (exact) mass is 287 g/mol. The minimum absolute atomic E-state index is 0.0160. The van der Waals surface area contributed by atoms with Gasteiger partial charge in [-0.25, -0.2) is 13.6 Å². The SMILES string of the molecule is Nc1c(NC2CCSCC2)cccc1S(N)(=O)=O. The molecule has 100 valence electrons. The molecule has 1 heterocycles. The Morgan fingerprint density at radius 2 is 1.94 bits per heavy atom. The third-order valence-corrected chi connectivity index (χ3v) is 4.97. The van der Waals surface area contributed by atoms with Gasteiger partial charge in [0.2, 0.25) is 10.0 Å². The van der Waals surface area contributed by atoms with Crippen molar-refractivity contribution < 1.29 is 8.42 Å². The maximum absolute atomic E-state index is 11.4. The molecule has 0 aromatic heterocycles. The second-order valence-corrected chi connectivity index (χ2v) is 7.05. The molecule has 0 aliphatic carbocycles. The fourth-order valence-corrected chi connectivity index (χ4v) is 3.77. The van der Waals surface area contributed by atoms with E-state index in [0.29, 0.717) is 11.7 Å². The van der Waals surface area contributed by atoms with E-state index in [2.05, 4.69) is 5.32 Å². The van der Waals surface area contributed by atoms with E-state index in [0.717, 1.165) is 24.3 Å². The molecule has 7 heteroatoms. The molecule has 1 aliphatic heterocycles. The number of nitrogens with two attached hydrogens (primary N) is 2. The highest BCUT2D eigenvalue weighted by Crippen LogP contribution is 2.28. The van der Waals surface area contributed by atoms with Gasteiger partial charge in [0.15, 0.2) is 0 Å². The summed E-state index contributed by atoms with van der Waals surface area (Å²) < 4.78 is 22.7. The number of primary sulfonamides is 1. The standard InChI is InChI=1S/C11H17N3O2S2/c12-11-9(14-8-4-6-17-7-5-8)2-1-3-10(11)18(13,15)16/h1-3,8,14H,4-7,12H2,(H2,13,15,16). The molecule has 1 saturated heterocycles. The zero-order valence-electron chi connectivity index (χ0n) is 9.93. The van der Waals surface area contributed by atoms with Crippen LogP contribution in [-0.4, -0.2) is 26.0 Å². The van der Waals surface area contributed by atoms with E-state index in [1.54, 1.807) is 12.1 Å². The Bertz CT molecular complexity index is 525. The summed E-state index contributed by atoms with van der Waals surface area (Å²) >= 11 is 1.93. The lowest BCUT2D eigenvalue weighted by atomic mass is 10.1. The van der Waals surface area contributed by atoms with Crippen LogP contribution >= 0.6 is 11.8 Å². The minimum Gasteiger partial charge on any atom is -0.396 e. The van der Waals surface area contributed by atoms with Crippen molar-refractivity contribution in [1.82, 2.24) is 0 Å². The number of rotatable bonds is 3. The van der Waals surface area contributed by atoms with E-state index in [9.17, 15) is 8.42 Å². The van der Waals surface area contributed by atoms with Crippen LogP contribution in [0.2, 0.25) is 0 Å². The zero-order valence-corrected chi connectivity index (χ0v) is 11.6. The van der Waals surface area contributed by atoms with Gasteiger partial charge in [0.25, 0.3) is 0 Å². The summed E-state index contributed by atoms with van der Waals surface area (Å²) in [4.78, 5) is -0.0160. The number of hydrogen-bond acceptors (Lipinski definition) is 5. The van der Waals surface area contributed by atoms with Crippen LogP contribution in [0.3, 0.4) is 0 Å². The summed E-state index contributed by atoms with van der Waals surface area (Å²) in [5.74, 6) is 2.24. The van der Waals surface area contributed by atoms with E-state index in [4.69, 9.17) is 10.9 Å². The van der Waals surface area contributed by atoms with Crippen LogP contribution in [0.4, 0.5) is 11.4 Å². The highest BCUT2D eigenvalue weighted by atomic mass is 32.2. The smallest absolute Gasteiger partial charge is 0.240 e. The lowest BCUT2D eigenvalue weighted by Crippen LogP contribution is -2.25. The first-order valence-electron chi connectivity index (χ1n) is 5.74. The Kier molecular flexibility index (Phi) is 4.04. The van der Waals surface area contributed by atoms with Gasteiger partial charge in [-0.1, -0.05) is 6.07 Å². The van der Waals surface area contributed by atoms with E-state index in [1.165, 1.54) is 6.07 Å². The van der Waals surface area contributed by atoms with E-state index in [-0.39, 0.29) is 10.6 Å². The molecular formula is C11H17N3O2S2. The highest BCUT2D eigenvalue weighted by molar-refractivity contribution is 7.99. The van der Waals surface area contributed by atoms with Crippen molar-refractivity contribution in [3.63, 3.8) is 0 Å². The molecule has 0 atom stereocenters. The summed E-state index contributed by atoms with van der Waals surface area (Å²) in [6.45, 7) is 0. The van der Waals surface area contributed by atoms with E-state index < -0.39 is 10.0 Å². The predicted molar refractivity (Wildman–Crippen MR) is 76.2 cm³/mol. The maximum atomic E-state index is 11.4. The van der Waals surface area contributed by atoms with Crippen molar-refractivity contribution >= 4 is 33.2 Å². The highest BCUT2D eigenvalue weighted by Gasteiger charge is 2.18. The molecule has 5 nitrogen and oxygen atoms in total. The quantitative estimate of drug-likeness (QED) is 0.726. The average Bonchev–Trinajstić information content (AvgIpc) is 2.32. The lowest BCUT2D eigenvalue weighted by molar-refractivity contribution is 0.598. The van der Waals surface area contributed by atoms with Gasteiger partial charge in [0.1, 0.15) is 4.90 Å². The van der Waals surface area contributed by atoms with Gasteiger partial charge >= 0.3 is 0 Å². The summed E-state index contributed by atoms with van der Waals surface area (Å²) in [5.41, 5.74) is 6.72. The molecule has 1 aromatic rings. The number of thioether (sulfide) groups is 1. The Hall–Kier alpha value is -0.920. The number of nitrogens with one attached hydrogen (secondary N) is 1. The van der Waals surface area contributed by atoms with Crippen LogP contribution in [-0.2, 0) is 10.0 Å². The van der Waals surface area contributed by atoms with E-state index in [1.807, 2.05) is 11.8 Å². The van der Waals surface area contributed by atoms with Crippen LogP contribution in [0.25, 0.3) is 0 Å². The number of anilines is 2. The van der Waals surface area contributed by atoms with Gasteiger partial charge in [-0.05, 0) is 36.5 Å². The minimum atomic E-state index is -3.77. The topological polar surface area (TPSA) is 98.2 Å². The number of benzene rings is 1. The number of hydrogen-bond donors (Lipinski definition) is 3. The Labute approximate surface area is 111 Å². The Balaban J connectivity index is 2.23. The average molecular weight is 287 g/mol. The van der Waals surface area contributed by atoms with Gasteiger partial charge in [-0.15, -0.1) is 0 Å². The molecule has 1 fully saturated rings. The third kappa shape index (κ3) is 3.09. The van der Waals surface area contributed by atoms with Crippen molar-refractivity contribution in [2.75, 3.05) is 22.6 Å². The van der Waals surface area contributed by atoms with Crippen LogP contribution in [0.5, 0.6) is 0 Å². The molecule has 0 unspecified atom stereocenters. The molecule has 5 N–H and O–H groups in total. The zero-order chi connectivity index (χ0) is 13.2. The number of para-hydroxylation sites is 1. The van der Waals surface area contributed by atoms with Gasteiger partial charge in [-0.2, -0.15) is 11.8 Å². The van der Waals surface area contributed by atoms with Crippen molar-refractivity contribution in [3.05, 3.63) is 18.2 Å². The van der Waals surface area contributed by atoms with Crippen molar-refractivity contribution in [3.8, 4) is 0 Å². The maximum Gasteiger partial charge on any atom is 0.240 e. The molecule has 0 amide bonds. The Morgan fingerprint density at radius 1 is 1.28 bits per heavy atom. The molecule has 1 aliphatic rings. The normalized spacial score (nSPS) is 17.6. The first-order valence-corrected chi connectivity index (χ1v) is 8.44. The van der Waals surface area contributed by atoms with Gasteiger partial charge in [0.05, 0.1) is 11.4 Å². The van der Waals surface area contributed by atoms with Crippen LogP contribution in [0.15, 0.2) is 23.1 Å². The molecule has 2 rings (SSSR count). The van der Waals surface area contributed by atoms with E-state index >= 15 is 0 Å². The van der Waals surface area contributed by atoms with Crippen LogP contribution in [0, 0.1) is 0 Å². The molecule has 1 aromatic carbocycles. The van der Waals surface area contributed by atoms with Crippen molar-refractivity contribution in [2.45, 2.75) is 23.8 Å². The Morgan fingerprint density at radius 3 is 2.56 bits per heavy atom. The summed E-state index contributed by atoms with van der Waals surface area (Å²) in [5, 5.41) is 8.42. The lowest BCUT2D eigenvalue weighted by Gasteiger charge is -2.24. The van der Waals surface area contributed by atoms with Crippen molar-refractivity contribution in [1.29, 1.82) is 0 Å². The third-order valence-electron chi connectivity index (χ3n) is 2.95. The summed E-state index contributed by atoms with van der Waals surface area (Å²) in [6.07, 6.45) is 2.12. The largest absolute Gasteiger partial charge is 0.396 e. The predicted octanol–water partition coefficient (Wildman–Crippen LogP) is 1.22. The fraction of sp³-hybridized carbons (Fsp3) is 0.455. The van der Waals surface area contributed by atoms with Crippen LogP contribution < -0.4 is 16.2 Å². The molecular weight excluding hydrogens is 270 g/mol. The molecule has 0 saturated carbocycles. The fourth-order valence-electron chi connectivity index (χ4n) is 1.98. The van der Waals surface area contributed by atoms with Gasteiger partial charge in [0, 0.05) is 6.04 Å². The summed E-state index contributed by atoms with van der Waals surface area (Å²) in [7, 11) is -3.77. The number of nitrogen functional groups attached to an aromatic ring is 1. The molecule has 18 heavy (non-hydrogen) atoms. The second-order valence-electron chi connectivity index (χ2n) is 4.29. The summed E-state index contributed by atoms with van der Waals surface area (Å²) in [6, 6.07) is 5.21. The van der Waals surface area contributed by atoms with Gasteiger partial charge < -0.3 is 11.1 Å². The molecule has 0 spiro atoms. The molecule has 0 bridgehead atoms. The number of sulfonamides is 1. The first-order chi connectivity index (χ1) is 8.48. The van der Waals surface area contributed by atoms with Crippen molar-refractivity contribution in [2.24, 2.45) is 5.14 Å². The molecule has 0 radical (unpaired) electrons.